The van der Waals surface area contributed by atoms with Crippen LogP contribution in [0.1, 0.15) is 18.6 Å². The Bertz CT molecular complexity index is 363. The molecule has 0 radical (unpaired) electrons. The van der Waals surface area contributed by atoms with Crippen LogP contribution < -0.4 is 4.74 Å². The summed E-state index contributed by atoms with van der Waals surface area (Å²) in [5, 5.41) is 18.5. The van der Waals surface area contributed by atoms with Crippen molar-refractivity contribution in [2.45, 2.75) is 19.2 Å². The lowest BCUT2D eigenvalue weighted by molar-refractivity contribution is -0.207. The number of alkyl halides is 3. The summed E-state index contributed by atoms with van der Waals surface area (Å²) in [4.78, 5) is 0. The van der Waals surface area contributed by atoms with Crippen molar-refractivity contribution in [1.29, 1.82) is 0 Å². The third-order valence-electron chi connectivity index (χ3n) is 1.93. The van der Waals surface area contributed by atoms with E-state index in [1.165, 1.54) is 12.1 Å². The molecule has 90 valence electrons. The number of hydrogen-bond donors (Lipinski definition) is 2. The van der Waals surface area contributed by atoms with E-state index >= 15 is 0 Å². The number of aromatic hydroxyl groups is 1. The lowest BCUT2D eigenvalue weighted by Gasteiger charge is -2.17. The second-order valence-corrected chi connectivity index (χ2v) is 3.07. The fourth-order valence-corrected chi connectivity index (χ4v) is 1.21. The predicted octanol–water partition coefficient (Wildman–Crippen LogP) is 2.39. The maximum Gasteiger partial charge on any atom is 0.418 e. The number of hydrogen-bond acceptors (Lipinski definition) is 3. The summed E-state index contributed by atoms with van der Waals surface area (Å²) in [6.45, 7) is 1.84. The van der Waals surface area contributed by atoms with E-state index in [0.717, 1.165) is 6.07 Å². The fourth-order valence-electron chi connectivity index (χ4n) is 1.21. The minimum atomic E-state index is -4.82. The molecule has 6 heteroatoms. The van der Waals surface area contributed by atoms with Gasteiger partial charge in [-0.15, -0.1) is 0 Å². The topological polar surface area (TPSA) is 49.7 Å². The van der Waals surface area contributed by atoms with Gasteiger partial charge in [0.15, 0.2) is 17.6 Å². The SMILES string of the molecule is CCOc1cccc([C@@H](O)C(F)(F)F)c1O. The van der Waals surface area contributed by atoms with Gasteiger partial charge in [0.2, 0.25) is 0 Å². The molecule has 16 heavy (non-hydrogen) atoms. The Labute approximate surface area is 90.1 Å². The molecule has 0 fully saturated rings. The van der Waals surface area contributed by atoms with E-state index in [0.29, 0.717) is 0 Å². The summed E-state index contributed by atoms with van der Waals surface area (Å²) in [6.07, 6.45) is -7.53. The highest BCUT2D eigenvalue weighted by atomic mass is 19.4. The number of benzene rings is 1. The van der Waals surface area contributed by atoms with Crippen LogP contribution in [0.25, 0.3) is 0 Å². The van der Waals surface area contributed by atoms with Crippen LogP contribution in [0.15, 0.2) is 18.2 Å². The Morgan fingerprint density at radius 3 is 2.50 bits per heavy atom. The third kappa shape index (κ3) is 2.57. The van der Waals surface area contributed by atoms with E-state index in [4.69, 9.17) is 9.84 Å². The van der Waals surface area contributed by atoms with Crippen LogP contribution in [-0.4, -0.2) is 23.0 Å². The van der Waals surface area contributed by atoms with E-state index in [9.17, 15) is 18.3 Å². The Balaban J connectivity index is 3.10. The number of para-hydroxylation sites is 1. The summed E-state index contributed by atoms with van der Waals surface area (Å²) in [7, 11) is 0. The smallest absolute Gasteiger partial charge is 0.418 e. The summed E-state index contributed by atoms with van der Waals surface area (Å²) in [6, 6.07) is 3.59. The Hall–Kier alpha value is -1.43. The van der Waals surface area contributed by atoms with Gasteiger partial charge in [-0.2, -0.15) is 13.2 Å². The first-order valence-electron chi connectivity index (χ1n) is 4.57. The van der Waals surface area contributed by atoms with E-state index in [1.807, 2.05) is 0 Å². The molecule has 0 spiro atoms. The number of ether oxygens (including phenoxy) is 1. The van der Waals surface area contributed by atoms with Crippen LogP contribution in [-0.2, 0) is 0 Å². The zero-order valence-corrected chi connectivity index (χ0v) is 8.45. The molecule has 3 nitrogen and oxygen atoms in total. The average Bonchev–Trinajstić information content (AvgIpc) is 2.19. The molecule has 1 atom stereocenters. The molecule has 0 bridgehead atoms. The molecule has 2 N–H and O–H groups in total. The highest BCUT2D eigenvalue weighted by molar-refractivity contribution is 5.46. The molecule has 0 saturated carbocycles. The Morgan fingerprint density at radius 2 is 2.00 bits per heavy atom. The van der Waals surface area contributed by atoms with Gasteiger partial charge >= 0.3 is 6.18 Å². The largest absolute Gasteiger partial charge is 0.504 e. The molecule has 1 aromatic carbocycles. The van der Waals surface area contributed by atoms with Gasteiger partial charge in [0.1, 0.15) is 0 Å². The number of phenolic OH excluding ortho intramolecular Hbond substituents is 1. The molecule has 0 aromatic heterocycles. The predicted molar refractivity (Wildman–Crippen MR) is 50.3 cm³/mol. The van der Waals surface area contributed by atoms with Crippen molar-refractivity contribution < 1.29 is 28.1 Å². The molecule has 0 amide bonds. The van der Waals surface area contributed by atoms with Crippen LogP contribution >= 0.6 is 0 Å². The van der Waals surface area contributed by atoms with E-state index < -0.39 is 23.6 Å². The molecular weight excluding hydrogens is 225 g/mol. The van der Waals surface area contributed by atoms with Crippen molar-refractivity contribution in [2.24, 2.45) is 0 Å². The van der Waals surface area contributed by atoms with Crippen molar-refractivity contribution in [3.63, 3.8) is 0 Å². The number of halogens is 3. The van der Waals surface area contributed by atoms with Crippen molar-refractivity contribution in [1.82, 2.24) is 0 Å². The van der Waals surface area contributed by atoms with Crippen LogP contribution in [0.4, 0.5) is 13.2 Å². The minimum absolute atomic E-state index is 0.0803. The van der Waals surface area contributed by atoms with E-state index in [2.05, 4.69) is 0 Å². The fraction of sp³-hybridized carbons (Fsp3) is 0.400. The van der Waals surface area contributed by atoms with Gasteiger partial charge in [-0.1, -0.05) is 12.1 Å². The van der Waals surface area contributed by atoms with Crippen molar-refractivity contribution in [3.8, 4) is 11.5 Å². The minimum Gasteiger partial charge on any atom is -0.504 e. The van der Waals surface area contributed by atoms with Crippen LogP contribution in [0.2, 0.25) is 0 Å². The Morgan fingerprint density at radius 1 is 1.38 bits per heavy atom. The van der Waals surface area contributed by atoms with Crippen molar-refractivity contribution in [2.75, 3.05) is 6.61 Å². The van der Waals surface area contributed by atoms with Gasteiger partial charge in [0.25, 0.3) is 0 Å². The number of phenols is 1. The third-order valence-corrected chi connectivity index (χ3v) is 1.93. The normalized spacial score (nSPS) is 13.6. The molecule has 0 aliphatic rings. The van der Waals surface area contributed by atoms with E-state index in [-0.39, 0.29) is 12.4 Å². The average molecular weight is 236 g/mol. The lowest BCUT2D eigenvalue weighted by atomic mass is 10.1. The molecular formula is C10H11F3O3. The molecule has 0 saturated heterocycles. The molecule has 0 aliphatic carbocycles. The van der Waals surface area contributed by atoms with Crippen molar-refractivity contribution in [3.05, 3.63) is 23.8 Å². The van der Waals surface area contributed by atoms with E-state index in [1.54, 1.807) is 6.92 Å². The zero-order chi connectivity index (χ0) is 12.3. The summed E-state index contributed by atoms with van der Waals surface area (Å²) in [5.41, 5.74) is -0.613. The maximum absolute atomic E-state index is 12.2. The standard InChI is InChI=1S/C10H11F3O3/c1-2-16-7-5-3-4-6(8(7)14)9(15)10(11,12)13/h3-5,9,14-15H,2H2,1H3/t9-/m1/s1. The summed E-state index contributed by atoms with van der Waals surface area (Å²) >= 11 is 0. The first kappa shape index (κ1) is 12.6. The highest BCUT2D eigenvalue weighted by Crippen LogP contribution is 2.40. The van der Waals surface area contributed by atoms with Crippen LogP contribution in [0, 0.1) is 0 Å². The van der Waals surface area contributed by atoms with Gasteiger partial charge in [-0.05, 0) is 13.0 Å². The number of aliphatic hydroxyl groups is 1. The Kier molecular flexibility index (Phi) is 3.64. The quantitative estimate of drug-likeness (QED) is 0.847. The highest BCUT2D eigenvalue weighted by Gasteiger charge is 2.41. The van der Waals surface area contributed by atoms with Crippen molar-refractivity contribution >= 4 is 0 Å². The second-order valence-electron chi connectivity index (χ2n) is 3.07. The summed E-state index contributed by atoms with van der Waals surface area (Å²) < 4.78 is 41.6. The van der Waals surface area contributed by atoms with Gasteiger partial charge in [-0.3, -0.25) is 0 Å². The van der Waals surface area contributed by atoms with Crippen LogP contribution in [0.3, 0.4) is 0 Å². The summed E-state index contributed by atoms with van der Waals surface area (Å²) in [5.74, 6) is -0.766. The molecule has 0 aliphatic heterocycles. The zero-order valence-electron chi connectivity index (χ0n) is 8.45. The molecule has 1 rings (SSSR count). The number of aliphatic hydroxyl groups excluding tert-OH is 1. The monoisotopic (exact) mass is 236 g/mol. The molecule has 0 heterocycles. The molecule has 1 aromatic rings. The first-order chi connectivity index (χ1) is 7.38. The van der Waals surface area contributed by atoms with Crippen LogP contribution in [0.5, 0.6) is 11.5 Å². The molecule has 0 unspecified atom stereocenters. The lowest BCUT2D eigenvalue weighted by Crippen LogP contribution is -2.20. The van der Waals surface area contributed by atoms with Gasteiger partial charge < -0.3 is 14.9 Å². The maximum atomic E-state index is 12.2. The van der Waals surface area contributed by atoms with Gasteiger partial charge in [0, 0.05) is 5.56 Å². The first-order valence-corrected chi connectivity index (χ1v) is 4.57. The van der Waals surface area contributed by atoms with Gasteiger partial charge in [0.05, 0.1) is 6.61 Å². The van der Waals surface area contributed by atoms with Gasteiger partial charge in [-0.25, -0.2) is 0 Å². The second kappa shape index (κ2) is 4.61. The number of rotatable bonds is 3.